The number of thiazole rings is 1. The SMILES string of the molecule is COc1cccc2sc(N(CCN(C)C)C(=O)c3ccc(S(=O)(=O)N(C)CC4CCCO4)cc3)nc12.Cl. The Kier molecular flexibility index (Phi) is 9.90. The number of carbonyl (C=O) groups excluding carboxylic acids is 1. The average molecular weight is 569 g/mol. The van der Waals surface area contributed by atoms with E-state index < -0.39 is 10.0 Å². The van der Waals surface area contributed by atoms with Crippen molar-refractivity contribution < 1.29 is 22.7 Å². The predicted octanol–water partition coefficient (Wildman–Crippen LogP) is 3.73. The summed E-state index contributed by atoms with van der Waals surface area (Å²) in [5.74, 6) is 0.406. The first-order valence-corrected chi connectivity index (χ1v) is 14.0. The summed E-state index contributed by atoms with van der Waals surface area (Å²) >= 11 is 1.42. The van der Waals surface area contributed by atoms with Crippen molar-refractivity contribution in [1.82, 2.24) is 14.2 Å². The van der Waals surface area contributed by atoms with E-state index in [4.69, 9.17) is 14.5 Å². The van der Waals surface area contributed by atoms with Crippen LogP contribution in [0.15, 0.2) is 47.4 Å². The number of carbonyl (C=O) groups is 1. The van der Waals surface area contributed by atoms with Gasteiger partial charge in [0.2, 0.25) is 10.0 Å². The molecule has 0 radical (unpaired) electrons. The monoisotopic (exact) mass is 568 g/mol. The third-order valence-corrected chi connectivity index (χ3v) is 9.01. The Bertz CT molecular complexity index is 1310. The summed E-state index contributed by atoms with van der Waals surface area (Å²) in [5.41, 5.74) is 1.10. The van der Waals surface area contributed by atoms with Crippen molar-refractivity contribution in [3.8, 4) is 5.75 Å². The lowest BCUT2D eigenvalue weighted by molar-refractivity contribution is 0.0978. The molecule has 3 aromatic rings. The lowest BCUT2D eigenvalue weighted by Crippen LogP contribution is -2.37. The van der Waals surface area contributed by atoms with Gasteiger partial charge in [-0.3, -0.25) is 9.69 Å². The van der Waals surface area contributed by atoms with E-state index in [1.807, 2.05) is 37.2 Å². The maximum Gasteiger partial charge on any atom is 0.260 e. The van der Waals surface area contributed by atoms with E-state index in [1.54, 1.807) is 31.2 Å². The summed E-state index contributed by atoms with van der Waals surface area (Å²) in [6.07, 6.45) is 1.72. The van der Waals surface area contributed by atoms with Gasteiger partial charge in [-0.05, 0) is 63.3 Å². The van der Waals surface area contributed by atoms with Crippen LogP contribution < -0.4 is 9.64 Å². The Hall–Kier alpha value is -2.28. The lowest BCUT2D eigenvalue weighted by Gasteiger charge is -2.22. The van der Waals surface area contributed by atoms with Crippen LogP contribution in [0.25, 0.3) is 10.2 Å². The minimum Gasteiger partial charge on any atom is -0.494 e. The largest absolute Gasteiger partial charge is 0.494 e. The lowest BCUT2D eigenvalue weighted by atomic mass is 10.2. The second-order valence-electron chi connectivity index (χ2n) is 9.01. The third-order valence-electron chi connectivity index (χ3n) is 6.13. The van der Waals surface area contributed by atoms with Gasteiger partial charge >= 0.3 is 0 Å². The number of hydrogen-bond donors (Lipinski definition) is 0. The number of aromatic nitrogens is 1. The van der Waals surface area contributed by atoms with Crippen LogP contribution >= 0.6 is 23.7 Å². The van der Waals surface area contributed by atoms with Gasteiger partial charge in [-0.1, -0.05) is 17.4 Å². The van der Waals surface area contributed by atoms with E-state index in [9.17, 15) is 13.2 Å². The average Bonchev–Trinajstić information content (AvgIpc) is 3.53. The molecule has 0 spiro atoms. The van der Waals surface area contributed by atoms with Crippen molar-refractivity contribution in [2.45, 2.75) is 23.8 Å². The summed E-state index contributed by atoms with van der Waals surface area (Å²) in [6, 6.07) is 11.8. The number of hydrogen-bond acceptors (Lipinski definition) is 8. The molecule has 1 aromatic heterocycles. The molecule has 1 atom stereocenters. The van der Waals surface area contributed by atoms with Gasteiger partial charge in [-0.2, -0.15) is 4.31 Å². The molecule has 0 aliphatic carbocycles. The minimum absolute atomic E-state index is 0. The zero-order chi connectivity index (χ0) is 25.9. The summed E-state index contributed by atoms with van der Waals surface area (Å²) in [6.45, 7) is 2.04. The van der Waals surface area contributed by atoms with Gasteiger partial charge in [0, 0.05) is 38.9 Å². The van der Waals surface area contributed by atoms with Gasteiger partial charge < -0.3 is 14.4 Å². The zero-order valence-corrected chi connectivity index (χ0v) is 23.9. The van der Waals surface area contributed by atoms with Crippen LogP contribution in [0.5, 0.6) is 5.75 Å². The smallest absolute Gasteiger partial charge is 0.260 e. The van der Waals surface area contributed by atoms with Crippen LogP contribution in [0, 0.1) is 0 Å². The quantitative estimate of drug-likeness (QED) is 0.368. The van der Waals surface area contributed by atoms with Crippen LogP contribution in [0.3, 0.4) is 0 Å². The van der Waals surface area contributed by atoms with Gasteiger partial charge in [0.25, 0.3) is 5.91 Å². The molecule has 2 heterocycles. The fourth-order valence-electron chi connectivity index (χ4n) is 4.05. The highest BCUT2D eigenvalue weighted by Gasteiger charge is 2.27. The Balaban J connectivity index is 0.00000380. The Morgan fingerprint density at radius 1 is 1.14 bits per heavy atom. The second kappa shape index (κ2) is 12.5. The topological polar surface area (TPSA) is 92.3 Å². The molecule has 2 aromatic carbocycles. The standard InChI is InChI=1S/C25H32N4O5S2.ClH/c1-27(2)14-15-29(25-26-23-21(33-4)8-5-9-22(23)35-25)24(30)18-10-12-20(13-11-18)36(31,32)28(3)17-19-7-6-16-34-19;/h5,8-13,19H,6-7,14-17H2,1-4H3;1H. The number of amides is 1. The molecule has 9 nitrogen and oxygen atoms in total. The molecule has 1 amide bonds. The van der Waals surface area contributed by atoms with Gasteiger partial charge in [0.05, 0.1) is 22.8 Å². The molecule has 1 aliphatic heterocycles. The molecule has 1 saturated heterocycles. The Labute approximate surface area is 228 Å². The highest BCUT2D eigenvalue weighted by atomic mass is 35.5. The van der Waals surface area contributed by atoms with Gasteiger partial charge in [0.1, 0.15) is 11.3 Å². The maximum absolute atomic E-state index is 13.6. The number of fused-ring (bicyclic) bond motifs is 1. The molecule has 4 rings (SSSR count). The number of benzene rings is 2. The summed E-state index contributed by atoms with van der Waals surface area (Å²) < 4.78 is 39.3. The number of anilines is 1. The highest BCUT2D eigenvalue weighted by Crippen LogP contribution is 2.34. The highest BCUT2D eigenvalue weighted by molar-refractivity contribution is 7.89. The molecule has 0 N–H and O–H groups in total. The fraction of sp³-hybridized carbons (Fsp3) is 0.440. The number of nitrogens with zero attached hydrogens (tertiary/aromatic N) is 4. The van der Waals surface area contributed by atoms with E-state index in [0.717, 1.165) is 17.5 Å². The molecule has 1 aliphatic rings. The Morgan fingerprint density at radius 2 is 1.86 bits per heavy atom. The van der Waals surface area contributed by atoms with Gasteiger partial charge in [-0.15, -0.1) is 12.4 Å². The van der Waals surface area contributed by atoms with Gasteiger partial charge in [0.15, 0.2) is 5.13 Å². The first kappa shape index (κ1) is 29.3. The van der Waals surface area contributed by atoms with Crippen molar-refractivity contribution in [2.75, 3.05) is 59.4 Å². The molecule has 0 bridgehead atoms. The number of halogens is 1. The van der Waals surface area contributed by atoms with Crippen LogP contribution in [0.4, 0.5) is 5.13 Å². The second-order valence-corrected chi connectivity index (χ2v) is 12.1. The first-order valence-electron chi connectivity index (χ1n) is 11.8. The fourth-order valence-corrected chi connectivity index (χ4v) is 6.26. The van der Waals surface area contributed by atoms with E-state index in [2.05, 4.69) is 0 Å². The zero-order valence-electron chi connectivity index (χ0n) is 21.4. The number of methoxy groups -OCH3 is 1. The number of rotatable bonds is 10. The van der Waals surface area contributed by atoms with Crippen LogP contribution in [0.1, 0.15) is 23.2 Å². The summed E-state index contributed by atoms with van der Waals surface area (Å²) in [5, 5.41) is 0.564. The van der Waals surface area contributed by atoms with Crippen molar-refractivity contribution in [2.24, 2.45) is 0 Å². The van der Waals surface area contributed by atoms with E-state index >= 15 is 0 Å². The summed E-state index contributed by atoms with van der Waals surface area (Å²) in [7, 11) is 3.34. The molecule has 37 heavy (non-hydrogen) atoms. The minimum atomic E-state index is -3.69. The molecule has 12 heteroatoms. The molecule has 1 fully saturated rings. The Morgan fingerprint density at radius 3 is 2.49 bits per heavy atom. The molecule has 0 saturated carbocycles. The number of sulfonamides is 1. The normalized spacial score (nSPS) is 15.8. The third kappa shape index (κ3) is 6.60. The van der Waals surface area contributed by atoms with Crippen molar-refractivity contribution in [1.29, 1.82) is 0 Å². The molecular weight excluding hydrogens is 536 g/mol. The van der Waals surface area contributed by atoms with Crippen LogP contribution in [-0.4, -0.2) is 89.1 Å². The van der Waals surface area contributed by atoms with Crippen molar-refractivity contribution in [3.63, 3.8) is 0 Å². The van der Waals surface area contributed by atoms with E-state index in [1.165, 1.54) is 27.8 Å². The predicted molar refractivity (Wildman–Crippen MR) is 149 cm³/mol. The van der Waals surface area contributed by atoms with Gasteiger partial charge in [-0.25, -0.2) is 13.4 Å². The first-order chi connectivity index (χ1) is 17.2. The van der Waals surface area contributed by atoms with E-state index in [-0.39, 0.29) is 29.3 Å². The number of para-hydroxylation sites is 1. The maximum atomic E-state index is 13.6. The van der Waals surface area contributed by atoms with Crippen LogP contribution in [-0.2, 0) is 14.8 Å². The van der Waals surface area contributed by atoms with Crippen molar-refractivity contribution >= 4 is 55.0 Å². The van der Waals surface area contributed by atoms with Crippen molar-refractivity contribution in [3.05, 3.63) is 48.0 Å². The van der Waals surface area contributed by atoms with Crippen LogP contribution in [0.2, 0.25) is 0 Å². The molecule has 202 valence electrons. The molecule has 1 unspecified atom stereocenters. The number of likely N-dealkylation sites (N-methyl/N-ethyl adjacent to an activating group) is 2. The van der Waals surface area contributed by atoms with E-state index in [0.29, 0.717) is 48.2 Å². The number of ether oxygens (including phenoxy) is 2. The summed E-state index contributed by atoms with van der Waals surface area (Å²) in [4.78, 5) is 22.1. The molecular formula is C25H33ClN4O5S2.